The van der Waals surface area contributed by atoms with Crippen molar-refractivity contribution in [3.05, 3.63) is 0 Å². The van der Waals surface area contributed by atoms with Gasteiger partial charge in [0.05, 0.1) is 19.7 Å². The highest BCUT2D eigenvalue weighted by atomic mass is 17.2. The molecule has 0 aromatic heterocycles. The molecule has 13 nitrogen and oxygen atoms in total. The van der Waals surface area contributed by atoms with Crippen LogP contribution in [-0.4, -0.2) is 81.5 Å². The summed E-state index contributed by atoms with van der Waals surface area (Å²) in [5.41, 5.74) is 5.90. The number of nitrogens with two attached hydrogens (primary N) is 1. The lowest BCUT2D eigenvalue weighted by molar-refractivity contribution is -0.255. The molecule has 0 aliphatic heterocycles. The second-order valence-corrected chi connectivity index (χ2v) is 10.2. The van der Waals surface area contributed by atoms with Crippen LogP contribution in [0.1, 0.15) is 97.3 Å². The molecule has 238 valence electrons. The highest BCUT2D eigenvalue weighted by molar-refractivity contribution is 5.87. The van der Waals surface area contributed by atoms with Gasteiger partial charge in [0.2, 0.25) is 23.6 Å². The molecule has 0 aliphatic rings. The SMILES string of the molecule is CCCCCCCCCC(=O)NCCNCC[C@H](N)C(=O)NCC(=O)NCC[C@H](C)NC(=O)CCCC(=O)OOC. The lowest BCUT2D eigenvalue weighted by Gasteiger charge is -2.15. The van der Waals surface area contributed by atoms with Crippen LogP contribution >= 0.6 is 0 Å². The minimum atomic E-state index is -0.756. The quantitative estimate of drug-likeness (QED) is 0.0487. The lowest BCUT2D eigenvalue weighted by Crippen LogP contribution is -2.46. The number of carbonyl (C=O) groups excluding carboxylic acids is 5. The molecule has 0 spiro atoms. The Kier molecular flexibility index (Phi) is 24.4. The molecule has 0 bridgehead atoms. The Labute approximate surface area is 245 Å². The van der Waals surface area contributed by atoms with E-state index in [-0.39, 0.29) is 43.1 Å². The lowest BCUT2D eigenvalue weighted by atomic mass is 10.1. The van der Waals surface area contributed by atoms with Gasteiger partial charge in [0.25, 0.3) is 0 Å². The van der Waals surface area contributed by atoms with Crippen molar-refractivity contribution in [1.82, 2.24) is 26.6 Å². The van der Waals surface area contributed by atoms with Gasteiger partial charge in [-0.05, 0) is 39.2 Å². The molecule has 0 heterocycles. The fourth-order valence-electron chi connectivity index (χ4n) is 3.87. The van der Waals surface area contributed by atoms with Gasteiger partial charge in [-0.2, -0.15) is 4.89 Å². The van der Waals surface area contributed by atoms with Gasteiger partial charge >= 0.3 is 5.97 Å². The monoisotopic (exact) mass is 586 g/mol. The predicted octanol–water partition coefficient (Wildman–Crippen LogP) is 0.952. The molecule has 0 saturated carbocycles. The van der Waals surface area contributed by atoms with Gasteiger partial charge in [0, 0.05) is 44.9 Å². The van der Waals surface area contributed by atoms with E-state index in [0.717, 1.165) is 12.8 Å². The van der Waals surface area contributed by atoms with E-state index in [9.17, 15) is 24.0 Å². The summed E-state index contributed by atoms with van der Waals surface area (Å²) < 4.78 is 0. The third-order valence-electron chi connectivity index (χ3n) is 6.29. The Hall–Kier alpha value is -2.77. The van der Waals surface area contributed by atoms with Gasteiger partial charge < -0.3 is 32.3 Å². The predicted molar refractivity (Wildman–Crippen MR) is 156 cm³/mol. The highest BCUT2D eigenvalue weighted by Crippen LogP contribution is 2.08. The van der Waals surface area contributed by atoms with Gasteiger partial charge in [-0.15, -0.1) is 0 Å². The van der Waals surface area contributed by atoms with Crippen LogP contribution in [0.4, 0.5) is 0 Å². The van der Waals surface area contributed by atoms with E-state index in [1.165, 1.54) is 39.2 Å². The molecule has 7 N–H and O–H groups in total. The Balaban J connectivity index is 3.75. The van der Waals surface area contributed by atoms with Crippen LogP contribution in [0.2, 0.25) is 0 Å². The van der Waals surface area contributed by atoms with Gasteiger partial charge in [-0.25, -0.2) is 4.79 Å². The van der Waals surface area contributed by atoms with Crippen molar-refractivity contribution in [2.24, 2.45) is 5.73 Å². The number of carbonyl (C=O) groups is 5. The van der Waals surface area contributed by atoms with Crippen molar-refractivity contribution in [3.63, 3.8) is 0 Å². The molecule has 2 atom stereocenters. The molecule has 0 radical (unpaired) electrons. The zero-order valence-corrected chi connectivity index (χ0v) is 25.3. The van der Waals surface area contributed by atoms with Crippen LogP contribution in [0.15, 0.2) is 0 Å². The molecule has 0 unspecified atom stereocenters. The Bertz CT molecular complexity index is 753. The Morgan fingerprint density at radius 2 is 1.37 bits per heavy atom. The third-order valence-corrected chi connectivity index (χ3v) is 6.29. The zero-order chi connectivity index (χ0) is 30.7. The van der Waals surface area contributed by atoms with Crippen molar-refractivity contribution in [3.8, 4) is 0 Å². The summed E-state index contributed by atoms with van der Waals surface area (Å²) in [6.45, 7) is 5.75. The number of nitrogens with one attached hydrogen (secondary N) is 5. The first-order chi connectivity index (χ1) is 19.7. The van der Waals surface area contributed by atoms with Crippen LogP contribution in [0.5, 0.6) is 0 Å². The minimum absolute atomic E-state index is 0.0630. The summed E-state index contributed by atoms with van der Waals surface area (Å²) >= 11 is 0. The van der Waals surface area contributed by atoms with Crippen molar-refractivity contribution < 1.29 is 33.7 Å². The normalized spacial score (nSPS) is 12.2. The third kappa shape index (κ3) is 24.7. The van der Waals surface area contributed by atoms with Gasteiger partial charge in [0.1, 0.15) is 0 Å². The van der Waals surface area contributed by atoms with Crippen LogP contribution in [0, 0.1) is 0 Å². The van der Waals surface area contributed by atoms with Crippen LogP contribution < -0.4 is 32.3 Å². The summed E-state index contributed by atoms with van der Waals surface area (Å²) in [6, 6.07) is -0.934. The fourth-order valence-corrected chi connectivity index (χ4v) is 3.87. The first-order valence-corrected chi connectivity index (χ1v) is 15.0. The molecule has 0 aromatic rings. The molecule has 41 heavy (non-hydrogen) atoms. The molecule has 0 fully saturated rings. The van der Waals surface area contributed by atoms with E-state index in [2.05, 4.69) is 43.3 Å². The van der Waals surface area contributed by atoms with Gasteiger partial charge in [-0.1, -0.05) is 45.4 Å². The summed E-state index contributed by atoms with van der Waals surface area (Å²) in [7, 11) is 1.23. The van der Waals surface area contributed by atoms with E-state index >= 15 is 0 Å². The molecular weight excluding hydrogens is 532 g/mol. The Morgan fingerprint density at radius 3 is 2.07 bits per heavy atom. The van der Waals surface area contributed by atoms with Gasteiger partial charge in [0.15, 0.2) is 0 Å². The number of hydrogen-bond donors (Lipinski definition) is 6. The number of amides is 4. The van der Waals surface area contributed by atoms with E-state index in [1.54, 1.807) is 0 Å². The van der Waals surface area contributed by atoms with Crippen molar-refractivity contribution >= 4 is 29.6 Å². The van der Waals surface area contributed by atoms with E-state index in [4.69, 9.17) is 5.73 Å². The summed E-state index contributed by atoms with van der Waals surface area (Å²) in [5, 5.41) is 14.0. The maximum atomic E-state index is 12.1. The molecular formula is C28H54N6O7. The molecule has 0 saturated heterocycles. The molecule has 0 rings (SSSR count). The van der Waals surface area contributed by atoms with Crippen molar-refractivity contribution in [2.45, 2.75) is 109 Å². The topological polar surface area (TPSA) is 190 Å². The standard InChI is InChI=1S/C28H54N6O7/c1-4-5-6-7-8-9-10-12-24(35)32-20-19-30-17-16-23(29)28(39)33-21-26(37)31-18-15-22(2)34-25(36)13-11-14-27(38)41-40-3/h22-23,30H,4-21,29H2,1-3H3,(H,31,37)(H,32,35)(H,33,39)(H,34,36)/t22-,23-/m0/s1. The molecule has 13 heteroatoms. The van der Waals surface area contributed by atoms with Crippen LogP contribution in [0.25, 0.3) is 0 Å². The van der Waals surface area contributed by atoms with Crippen LogP contribution in [0.3, 0.4) is 0 Å². The summed E-state index contributed by atoms with van der Waals surface area (Å²) in [4.78, 5) is 67.7. The largest absolute Gasteiger partial charge is 0.355 e. The highest BCUT2D eigenvalue weighted by Gasteiger charge is 2.14. The molecule has 0 aliphatic carbocycles. The fraction of sp³-hybridized carbons (Fsp3) is 0.821. The minimum Gasteiger partial charge on any atom is -0.355 e. The molecule has 4 amide bonds. The van der Waals surface area contributed by atoms with E-state index < -0.39 is 17.9 Å². The van der Waals surface area contributed by atoms with E-state index in [1.807, 2.05) is 6.92 Å². The number of rotatable bonds is 26. The Morgan fingerprint density at radius 1 is 0.707 bits per heavy atom. The zero-order valence-electron chi connectivity index (χ0n) is 25.3. The average Bonchev–Trinajstić information content (AvgIpc) is 2.93. The maximum absolute atomic E-state index is 12.1. The maximum Gasteiger partial charge on any atom is 0.342 e. The summed E-state index contributed by atoms with van der Waals surface area (Å²) in [6.07, 6.45) is 10.3. The van der Waals surface area contributed by atoms with Crippen molar-refractivity contribution in [2.75, 3.05) is 39.8 Å². The number of hydrogen-bond acceptors (Lipinski definition) is 9. The van der Waals surface area contributed by atoms with Gasteiger partial charge in [-0.3, -0.25) is 24.1 Å². The first-order valence-electron chi connectivity index (χ1n) is 15.0. The summed E-state index contributed by atoms with van der Waals surface area (Å²) in [5.74, 6) is -1.45. The smallest absolute Gasteiger partial charge is 0.342 e. The van der Waals surface area contributed by atoms with Crippen LogP contribution in [-0.2, 0) is 33.7 Å². The average molecular weight is 587 g/mol. The van der Waals surface area contributed by atoms with Crippen molar-refractivity contribution in [1.29, 1.82) is 0 Å². The molecule has 0 aromatic carbocycles. The second kappa shape index (κ2) is 26.1. The first kappa shape index (κ1) is 38.2. The number of unbranched alkanes of at least 4 members (excludes halogenated alkanes) is 6. The van der Waals surface area contributed by atoms with E-state index in [0.29, 0.717) is 51.9 Å². The second-order valence-electron chi connectivity index (χ2n) is 10.2.